The third-order valence-electron chi connectivity index (χ3n) is 2.92. The molecule has 1 amide bonds. The largest absolute Gasteiger partial charge is 0.464 e. The van der Waals surface area contributed by atoms with E-state index < -0.39 is 0 Å². The van der Waals surface area contributed by atoms with E-state index in [0.717, 1.165) is 11.1 Å². The number of aromatic nitrogens is 2. The second-order valence-electron chi connectivity index (χ2n) is 4.56. The quantitative estimate of drug-likeness (QED) is 0.940. The maximum atomic E-state index is 12.2. The van der Waals surface area contributed by atoms with Crippen molar-refractivity contribution in [1.29, 1.82) is 0 Å². The van der Waals surface area contributed by atoms with Gasteiger partial charge in [0.2, 0.25) is 0 Å². The van der Waals surface area contributed by atoms with Crippen LogP contribution in [0.15, 0.2) is 24.5 Å². The van der Waals surface area contributed by atoms with Gasteiger partial charge in [0.25, 0.3) is 5.91 Å². The fourth-order valence-corrected chi connectivity index (χ4v) is 1.96. The summed E-state index contributed by atoms with van der Waals surface area (Å²) in [7, 11) is 0. The number of benzene rings is 1. The molecule has 5 nitrogen and oxygen atoms in total. The van der Waals surface area contributed by atoms with Gasteiger partial charge >= 0.3 is 6.01 Å². The normalized spacial score (nSPS) is 10.3. The summed E-state index contributed by atoms with van der Waals surface area (Å²) in [6.45, 7) is 6.15. The summed E-state index contributed by atoms with van der Waals surface area (Å²) >= 11 is 6.08. The Kier molecular flexibility index (Phi) is 4.75. The summed E-state index contributed by atoms with van der Waals surface area (Å²) in [6.07, 6.45) is 2.86. The zero-order chi connectivity index (χ0) is 15.4. The van der Waals surface area contributed by atoms with E-state index in [-0.39, 0.29) is 11.9 Å². The van der Waals surface area contributed by atoms with E-state index >= 15 is 0 Å². The van der Waals surface area contributed by atoms with Gasteiger partial charge in [-0.3, -0.25) is 4.79 Å². The Hall–Kier alpha value is -2.14. The third kappa shape index (κ3) is 3.70. The van der Waals surface area contributed by atoms with E-state index in [9.17, 15) is 4.79 Å². The average Bonchev–Trinajstić information content (AvgIpc) is 2.46. The number of halogens is 1. The first-order chi connectivity index (χ1) is 10.0. The van der Waals surface area contributed by atoms with Gasteiger partial charge < -0.3 is 10.1 Å². The first kappa shape index (κ1) is 15.3. The van der Waals surface area contributed by atoms with Crippen LogP contribution in [0.3, 0.4) is 0 Å². The van der Waals surface area contributed by atoms with Crippen molar-refractivity contribution in [2.75, 3.05) is 11.9 Å². The van der Waals surface area contributed by atoms with Crippen molar-refractivity contribution in [3.05, 3.63) is 46.2 Å². The molecule has 1 N–H and O–H groups in total. The van der Waals surface area contributed by atoms with Crippen LogP contribution < -0.4 is 10.1 Å². The summed E-state index contributed by atoms with van der Waals surface area (Å²) in [5.74, 6) is -0.291. The Labute approximate surface area is 128 Å². The molecular formula is C15H16ClN3O2. The maximum absolute atomic E-state index is 12.2. The van der Waals surface area contributed by atoms with Crippen molar-refractivity contribution < 1.29 is 9.53 Å². The van der Waals surface area contributed by atoms with Crippen LogP contribution in [0.25, 0.3) is 0 Å². The number of ether oxygens (including phenoxy) is 1. The molecule has 0 atom stereocenters. The van der Waals surface area contributed by atoms with Crippen molar-refractivity contribution in [2.45, 2.75) is 20.8 Å². The van der Waals surface area contributed by atoms with Gasteiger partial charge in [-0.05, 0) is 38.0 Å². The maximum Gasteiger partial charge on any atom is 0.316 e. The second kappa shape index (κ2) is 6.54. The molecule has 0 unspecified atom stereocenters. The summed E-state index contributed by atoms with van der Waals surface area (Å²) in [6, 6.07) is 3.91. The van der Waals surface area contributed by atoms with Gasteiger partial charge in [0.15, 0.2) is 0 Å². The molecule has 0 fully saturated rings. The molecule has 2 rings (SSSR count). The van der Waals surface area contributed by atoms with Crippen molar-refractivity contribution in [2.24, 2.45) is 0 Å². The fraction of sp³-hybridized carbons (Fsp3) is 0.267. The molecule has 1 aromatic carbocycles. The van der Waals surface area contributed by atoms with Gasteiger partial charge in [0.05, 0.1) is 12.2 Å². The van der Waals surface area contributed by atoms with Gasteiger partial charge in [0, 0.05) is 23.1 Å². The molecule has 1 heterocycles. The first-order valence-corrected chi connectivity index (χ1v) is 6.92. The Bertz CT molecular complexity index is 657. The summed E-state index contributed by atoms with van der Waals surface area (Å²) < 4.78 is 5.14. The van der Waals surface area contributed by atoms with Crippen molar-refractivity contribution >= 4 is 23.2 Å². The minimum Gasteiger partial charge on any atom is -0.464 e. The highest BCUT2D eigenvalue weighted by Crippen LogP contribution is 2.24. The van der Waals surface area contributed by atoms with E-state index in [0.29, 0.717) is 22.9 Å². The number of anilines is 1. The highest BCUT2D eigenvalue weighted by Gasteiger charge is 2.10. The van der Waals surface area contributed by atoms with Gasteiger partial charge in [-0.2, -0.15) is 0 Å². The number of nitrogens with one attached hydrogen (secondary N) is 1. The van der Waals surface area contributed by atoms with Crippen LogP contribution in [0.1, 0.15) is 28.4 Å². The average molecular weight is 306 g/mol. The first-order valence-electron chi connectivity index (χ1n) is 6.54. The Morgan fingerprint density at radius 3 is 2.52 bits per heavy atom. The lowest BCUT2D eigenvalue weighted by atomic mass is 10.1. The van der Waals surface area contributed by atoms with Crippen LogP contribution in [0.5, 0.6) is 6.01 Å². The lowest BCUT2D eigenvalue weighted by Gasteiger charge is -2.10. The summed E-state index contributed by atoms with van der Waals surface area (Å²) in [4.78, 5) is 20.1. The number of rotatable bonds is 4. The number of carbonyl (C=O) groups is 1. The minimum atomic E-state index is -0.291. The SMILES string of the molecule is CCOc1ncc(C(=O)Nc2cc(Cl)c(C)cc2C)cn1. The highest BCUT2D eigenvalue weighted by atomic mass is 35.5. The number of hydrogen-bond acceptors (Lipinski definition) is 4. The lowest BCUT2D eigenvalue weighted by molar-refractivity contribution is 0.102. The molecule has 0 saturated heterocycles. The van der Waals surface area contributed by atoms with Gasteiger partial charge in [-0.1, -0.05) is 17.7 Å². The van der Waals surface area contributed by atoms with E-state index in [1.807, 2.05) is 26.8 Å². The molecule has 0 spiro atoms. The minimum absolute atomic E-state index is 0.253. The van der Waals surface area contributed by atoms with Crippen LogP contribution in [-0.2, 0) is 0 Å². The standard InChI is InChI=1S/C15H16ClN3O2/c1-4-21-15-17-7-11(8-18-15)14(20)19-13-6-12(16)9(2)5-10(13)3/h5-8H,4H2,1-3H3,(H,19,20). The number of nitrogens with zero attached hydrogens (tertiary/aromatic N) is 2. The summed E-state index contributed by atoms with van der Waals surface area (Å²) in [5.41, 5.74) is 2.94. The molecule has 0 radical (unpaired) electrons. The van der Waals surface area contributed by atoms with E-state index in [1.54, 1.807) is 6.07 Å². The van der Waals surface area contributed by atoms with Crippen molar-refractivity contribution in [1.82, 2.24) is 9.97 Å². The van der Waals surface area contributed by atoms with E-state index in [4.69, 9.17) is 16.3 Å². The molecule has 0 bridgehead atoms. The molecule has 2 aromatic rings. The molecule has 0 aliphatic carbocycles. The Balaban J connectivity index is 2.16. The highest BCUT2D eigenvalue weighted by molar-refractivity contribution is 6.31. The lowest BCUT2D eigenvalue weighted by Crippen LogP contribution is -2.14. The molecular weight excluding hydrogens is 290 g/mol. The zero-order valence-electron chi connectivity index (χ0n) is 12.1. The van der Waals surface area contributed by atoms with Crippen LogP contribution >= 0.6 is 11.6 Å². The van der Waals surface area contributed by atoms with Crippen LogP contribution in [0, 0.1) is 13.8 Å². The number of hydrogen-bond donors (Lipinski definition) is 1. The van der Waals surface area contributed by atoms with E-state index in [2.05, 4.69) is 15.3 Å². The molecule has 110 valence electrons. The molecule has 0 aliphatic heterocycles. The van der Waals surface area contributed by atoms with Gasteiger partial charge in [-0.15, -0.1) is 0 Å². The second-order valence-corrected chi connectivity index (χ2v) is 4.96. The van der Waals surface area contributed by atoms with Gasteiger partial charge in [0.1, 0.15) is 0 Å². The Morgan fingerprint density at radius 1 is 1.24 bits per heavy atom. The summed E-state index contributed by atoms with van der Waals surface area (Å²) in [5, 5.41) is 3.41. The van der Waals surface area contributed by atoms with Crippen LogP contribution in [-0.4, -0.2) is 22.5 Å². The number of aryl methyl sites for hydroxylation is 2. The van der Waals surface area contributed by atoms with Crippen LogP contribution in [0.2, 0.25) is 5.02 Å². The predicted octanol–water partition coefficient (Wildman–Crippen LogP) is 3.40. The molecule has 6 heteroatoms. The number of carbonyl (C=O) groups excluding carboxylic acids is 1. The van der Waals surface area contributed by atoms with Crippen molar-refractivity contribution in [3.8, 4) is 6.01 Å². The van der Waals surface area contributed by atoms with E-state index in [1.165, 1.54) is 12.4 Å². The topological polar surface area (TPSA) is 64.1 Å². The predicted molar refractivity (Wildman–Crippen MR) is 82.1 cm³/mol. The van der Waals surface area contributed by atoms with Crippen molar-refractivity contribution in [3.63, 3.8) is 0 Å². The monoisotopic (exact) mass is 305 g/mol. The smallest absolute Gasteiger partial charge is 0.316 e. The van der Waals surface area contributed by atoms with Crippen LogP contribution in [0.4, 0.5) is 5.69 Å². The molecule has 1 aromatic heterocycles. The third-order valence-corrected chi connectivity index (χ3v) is 3.32. The molecule has 0 saturated carbocycles. The molecule has 21 heavy (non-hydrogen) atoms. The number of amides is 1. The Morgan fingerprint density at radius 2 is 1.90 bits per heavy atom. The molecule has 0 aliphatic rings. The zero-order valence-corrected chi connectivity index (χ0v) is 12.9. The van der Waals surface area contributed by atoms with Gasteiger partial charge in [-0.25, -0.2) is 9.97 Å². The fourth-order valence-electron chi connectivity index (χ4n) is 1.79.